The molecule has 0 radical (unpaired) electrons. The van der Waals surface area contributed by atoms with Gasteiger partial charge in [0, 0.05) is 47.9 Å². The van der Waals surface area contributed by atoms with E-state index in [4.69, 9.17) is 16.3 Å². The third-order valence-corrected chi connectivity index (χ3v) is 6.53. The minimum Gasteiger partial charge on any atom is -0.496 e. The molecule has 2 unspecified atom stereocenters. The van der Waals surface area contributed by atoms with Crippen LogP contribution in [0, 0.1) is 5.92 Å². The molecule has 142 valence electrons. The fraction of sp³-hybridized carbons (Fsp3) is 0.400. The molecule has 0 spiro atoms. The smallest absolute Gasteiger partial charge is 0.257 e. The van der Waals surface area contributed by atoms with E-state index in [0.29, 0.717) is 48.4 Å². The van der Waals surface area contributed by atoms with Crippen molar-refractivity contribution in [3.05, 3.63) is 51.2 Å². The van der Waals surface area contributed by atoms with Crippen LogP contribution in [0.15, 0.2) is 35.7 Å². The summed E-state index contributed by atoms with van der Waals surface area (Å²) >= 11 is 7.76. The van der Waals surface area contributed by atoms with Gasteiger partial charge in [-0.1, -0.05) is 17.7 Å². The Morgan fingerprint density at radius 1 is 1.15 bits per heavy atom. The molecule has 1 saturated heterocycles. The molecule has 2 amide bonds. The number of benzene rings is 1. The number of halogens is 1. The molecule has 1 saturated carbocycles. The normalized spacial score (nSPS) is 21.9. The van der Waals surface area contributed by atoms with Gasteiger partial charge in [-0.05, 0) is 36.1 Å². The van der Waals surface area contributed by atoms with Crippen molar-refractivity contribution in [1.29, 1.82) is 0 Å². The van der Waals surface area contributed by atoms with Crippen molar-refractivity contribution in [2.45, 2.75) is 12.3 Å². The average molecular weight is 405 g/mol. The van der Waals surface area contributed by atoms with Gasteiger partial charge >= 0.3 is 0 Å². The van der Waals surface area contributed by atoms with Crippen LogP contribution in [-0.2, 0) is 4.79 Å². The minimum absolute atomic E-state index is 0.107. The Morgan fingerprint density at radius 3 is 2.56 bits per heavy atom. The average Bonchev–Trinajstić information content (AvgIpc) is 3.31. The van der Waals surface area contributed by atoms with E-state index >= 15 is 0 Å². The highest BCUT2D eigenvalue weighted by molar-refractivity contribution is 7.10. The van der Waals surface area contributed by atoms with Gasteiger partial charge in [-0.3, -0.25) is 9.59 Å². The first-order chi connectivity index (χ1) is 13.1. The molecule has 1 aliphatic heterocycles. The van der Waals surface area contributed by atoms with E-state index in [1.54, 1.807) is 34.4 Å². The van der Waals surface area contributed by atoms with Crippen LogP contribution in [0.25, 0.3) is 0 Å². The number of hydrogen-bond donors (Lipinski definition) is 0. The zero-order chi connectivity index (χ0) is 19.0. The van der Waals surface area contributed by atoms with Crippen LogP contribution in [0.1, 0.15) is 27.6 Å². The van der Waals surface area contributed by atoms with Crippen molar-refractivity contribution >= 4 is 34.8 Å². The van der Waals surface area contributed by atoms with Crippen molar-refractivity contribution < 1.29 is 14.3 Å². The predicted molar refractivity (Wildman–Crippen MR) is 106 cm³/mol. The van der Waals surface area contributed by atoms with Crippen molar-refractivity contribution in [2.75, 3.05) is 33.3 Å². The first-order valence-electron chi connectivity index (χ1n) is 9.03. The van der Waals surface area contributed by atoms with Crippen LogP contribution in [0.4, 0.5) is 0 Å². The summed E-state index contributed by atoms with van der Waals surface area (Å²) in [6, 6.07) is 9.18. The lowest BCUT2D eigenvalue weighted by Crippen LogP contribution is -2.51. The highest BCUT2D eigenvalue weighted by atomic mass is 35.5. The summed E-state index contributed by atoms with van der Waals surface area (Å²) in [7, 11) is 1.54. The Balaban J connectivity index is 1.36. The molecule has 2 atom stereocenters. The maximum absolute atomic E-state index is 12.8. The van der Waals surface area contributed by atoms with Gasteiger partial charge in [0.2, 0.25) is 5.91 Å². The van der Waals surface area contributed by atoms with E-state index in [9.17, 15) is 9.59 Å². The number of piperazine rings is 1. The predicted octanol–water partition coefficient (Wildman–Crippen LogP) is 3.50. The van der Waals surface area contributed by atoms with Gasteiger partial charge in [-0.25, -0.2) is 0 Å². The third-order valence-electron chi connectivity index (χ3n) is 5.29. The largest absolute Gasteiger partial charge is 0.496 e. The summed E-state index contributed by atoms with van der Waals surface area (Å²) in [4.78, 5) is 30.6. The molecule has 1 aromatic heterocycles. The monoisotopic (exact) mass is 404 g/mol. The maximum atomic E-state index is 12.8. The van der Waals surface area contributed by atoms with Gasteiger partial charge < -0.3 is 14.5 Å². The molecule has 2 heterocycles. The van der Waals surface area contributed by atoms with E-state index < -0.39 is 0 Å². The zero-order valence-electron chi connectivity index (χ0n) is 15.1. The number of carbonyl (C=O) groups excluding carboxylic acids is 2. The Kier molecular flexibility index (Phi) is 5.10. The number of carbonyl (C=O) groups is 2. The Labute approximate surface area is 167 Å². The van der Waals surface area contributed by atoms with Gasteiger partial charge in [-0.15, -0.1) is 11.3 Å². The third kappa shape index (κ3) is 3.69. The van der Waals surface area contributed by atoms with Gasteiger partial charge in [0.25, 0.3) is 5.91 Å². The molecular weight excluding hydrogens is 384 g/mol. The fourth-order valence-corrected chi connectivity index (χ4v) is 4.75. The second kappa shape index (κ2) is 7.52. The molecule has 0 bridgehead atoms. The van der Waals surface area contributed by atoms with Crippen molar-refractivity contribution in [3.8, 4) is 5.75 Å². The van der Waals surface area contributed by atoms with E-state index in [1.807, 2.05) is 11.0 Å². The molecule has 1 aliphatic carbocycles. The summed E-state index contributed by atoms with van der Waals surface area (Å²) in [5, 5.41) is 2.56. The van der Waals surface area contributed by atoms with Crippen LogP contribution >= 0.6 is 22.9 Å². The number of rotatable bonds is 4. The van der Waals surface area contributed by atoms with Crippen molar-refractivity contribution in [2.24, 2.45) is 5.92 Å². The first-order valence-corrected chi connectivity index (χ1v) is 10.3. The van der Waals surface area contributed by atoms with Crippen LogP contribution < -0.4 is 4.74 Å². The SMILES string of the molecule is COc1ccc(Cl)cc1C(=O)N1CCN(C(=O)C2CC2c2cccs2)CC1. The second-order valence-electron chi connectivity index (χ2n) is 6.93. The number of hydrogen-bond acceptors (Lipinski definition) is 4. The summed E-state index contributed by atoms with van der Waals surface area (Å²) in [6.07, 6.45) is 0.943. The van der Waals surface area contributed by atoms with E-state index in [-0.39, 0.29) is 17.7 Å². The van der Waals surface area contributed by atoms with Crippen LogP contribution in [0.2, 0.25) is 5.02 Å². The number of nitrogens with zero attached hydrogens (tertiary/aromatic N) is 2. The van der Waals surface area contributed by atoms with Crippen molar-refractivity contribution in [1.82, 2.24) is 9.80 Å². The molecule has 2 aliphatic rings. The van der Waals surface area contributed by atoms with Gasteiger partial charge in [0.05, 0.1) is 12.7 Å². The van der Waals surface area contributed by atoms with Gasteiger partial charge in [0.15, 0.2) is 0 Å². The molecule has 0 N–H and O–H groups in total. The van der Waals surface area contributed by atoms with Gasteiger partial charge in [0.1, 0.15) is 5.75 Å². The van der Waals surface area contributed by atoms with E-state index in [2.05, 4.69) is 11.4 Å². The molecular formula is C20H21ClN2O3S. The molecule has 7 heteroatoms. The van der Waals surface area contributed by atoms with Crippen LogP contribution in [-0.4, -0.2) is 54.9 Å². The quantitative estimate of drug-likeness (QED) is 0.783. The minimum atomic E-state index is -0.107. The summed E-state index contributed by atoms with van der Waals surface area (Å²) in [5.74, 6) is 1.12. The number of amides is 2. The summed E-state index contributed by atoms with van der Waals surface area (Å²) in [5.41, 5.74) is 0.463. The lowest BCUT2D eigenvalue weighted by atomic mass is 10.1. The Hall–Kier alpha value is -2.05. The number of methoxy groups -OCH3 is 1. The maximum Gasteiger partial charge on any atom is 0.257 e. The lowest BCUT2D eigenvalue weighted by molar-refractivity contribution is -0.134. The standard InChI is InChI=1S/C20H21ClN2O3S/c1-26-17-5-4-13(21)11-16(17)20(25)23-8-6-22(7-9-23)19(24)15-12-14(15)18-3-2-10-27-18/h2-5,10-11,14-15H,6-9,12H2,1H3. The molecule has 27 heavy (non-hydrogen) atoms. The number of ether oxygens (including phenoxy) is 1. The molecule has 1 aromatic carbocycles. The number of thiophene rings is 1. The lowest BCUT2D eigenvalue weighted by Gasteiger charge is -2.35. The zero-order valence-corrected chi connectivity index (χ0v) is 16.6. The van der Waals surface area contributed by atoms with E-state index in [0.717, 1.165) is 6.42 Å². The Bertz CT molecular complexity index is 847. The highest BCUT2D eigenvalue weighted by Gasteiger charge is 2.46. The van der Waals surface area contributed by atoms with Crippen molar-refractivity contribution in [3.63, 3.8) is 0 Å². The summed E-state index contributed by atoms with van der Waals surface area (Å²) in [6.45, 7) is 2.19. The first kappa shape index (κ1) is 18.3. The molecule has 5 nitrogen and oxygen atoms in total. The van der Waals surface area contributed by atoms with Crippen LogP contribution in [0.3, 0.4) is 0 Å². The van der Waals surface area contributed by atoms with Crippen LogP contribution in [0.5, 0.6) is 5.75 Å². The summed E-state index contributed by atoms with van der Waals surface area (Å²) < 4.78 is 5.29. The fourth-order valence-electron chi connectivity index (χ4n) is 3.67. The second-order valence-corrected chi connectivity index (χ2v) is 8.34. The molecule has 2 aromatic rings. The topological polar surface area (TPSA) is 49.9 Å². The van der Waals surface area contributed by atoms with Gasteiger partial charge in [-0.2, -0.15) is 0 Å². The highest BCUT2D eigenvalue weighted by Crippen LogP contribution is 2.50. The molecule has 2 fully saturated rings. The Morgan fingerprint density at radius 2 is 1.89 bits per heavy atom. The van der Waals surface area contributed by atoms with E-state index in [1.165, 1.54) is 12.0 Å². The molecule has 4 rings (SSSR count).